The number of nitrogens with zero attached hydrogens (tertiary/aromatic N) is 6. The maximum absolute atomic E-state index is 9.79. The zero-order valence-corrected chi connectivity index (χ0v) is 25.1. The minimum absolute atomic E-state index is 0.250. The zero-order valence-electron chi connectivity index (χ0n) is 25.1. The number of rotatable bonds is 12. The summed E-state index contributed by atoms with van der Waals surface area (Å²) in [5.74, 6) is 2.32. The van der Waals surface area contributed by atoms with E-state index in [0.717, 1.165) is 79.8 Å². The molecule has 6 rings (SSSR count). The number of tetrazole rings is 1. The highest BCUT2D eigenvalue weighted by Crippen LogP contribution is 2.47. The predicted molar refractivity (Wildman–Crippen MR) is 162 cm³/mol. The number of nitriles is 1. The quantitative estimate of drug-likeness (QED) is 0.242. The lowest BCUT2D eigenvalue weighted by Crippen LogP contribution is -2.43. The number of pyridine rings is 2. The average molecular weight is 587 g/mol. The molecule has 4 N–H and O–H groups in total. The van der Waals surface area contributed by atoms with Crippen molar-refractivity contribution in [3.63, 3.8) is 0 Å². The zero-order chi connectivity index (χ0) is 29.7. The van der Waals surface area contributed by atoms with E-state index >= 15 is 0 Å². The van der Waals surface area contributed by atoms with Gasteiger partial charge in [0.05, 0.1) is 23.8 Å². The van der Waals surface area contributed by atoms with Crippen LogP contribution >= 0.6 is 0 Å². The minimum atomic E-state index is -0.407. The van der Waals surface area contributed by atoms with Crippen LogP contribution in [-0.4, -0.2) is 75.1 Å². The summed E-state index contributed by atoms with van der Waals surface area (Å²) >= 11 is 0. The first-order chi connectivity index (χ1) is 21.0. The Kier molecular flexibility index (Phi) is 8.83. The van der Waals surface area contributed by atoms with Crippen LogP contribution in [0.1, 0.15) is 69.7 Å². The van der Waals surface area contributed by atoms with E-state index in [-0.39, 0.29) is 11.6 Å². The molecule has 228 valence electrons. The molecular weight excluding hydrogens is 544 g/mol. The summed E-state index contributed by atoms with van der Waals surface area (Å²) in [6.45, 7) is 6.70. The molecule has 0 bridgehead atoms. The first-order valence-corrected chi connectivity index (χ1v) is 15.5. The lowest BCUT2D eigenvalue weighted by atomic mass is 9.82. The lowest BCUT2D eigenvalue weighted by Gasteiger charge is -2.32. The Labute approximate surface area is 252 Å². The van der Waals surface area contributed by atoms with Crippen LogP contribution in [0.5, 0.6) is 0 Å². The standard InChI is InChI=1S/C31H42N10O2/c1-21-17-33-28(16-25(21)26-4-3-5-27(37-26)34-20-30(19-32)12-14-42-15-13-30)36-24-8-6-23(7-9-24)35-22(2)18-43-31(10-11-31)29-38-40-41-39-29/h3-5,16-17,22-24,35H,6-15,18,20H2,1-2H3,(H,33,36)(H,34,37)(H,38,39,40,41)/t22-,23?,24?/m1/s1. The topological polar surface area (TPSA) is 159 Å². The number of H-pyrrole nitrogens is 1. The number of aromatic nitrogens is 6. The molecule has 43 heavy (non-hydrogen) atoms. The maximum Gasteiger partial charge on any atom is 0.206 e. The summed E-state index contributed by atoms with van der Waals surface area (Å²) in [5, 5.41) is 35.1. The summed E-state index contributed by atoms with van der Waals surface area (Å²) < 4.78 is 11.7. The van der Waals surface area contributed by atoms with Crippen molar-refractivity contribution < 1.29 is 9.47 Å². The Morgan fingerprint density at radius 3 is 2.63 bits per heavy atom. The van der Waals surface area contributed by atoms with Gasteiger partial charge in [-0.25, -0.2) is 9.97 Å². The summed E-state index contributed by atoms with van der Waals surface area (Å²) in [6.07, 6.45) is 9.64. The van der Waals surface area contributed by atoms with Gasteiger partial charge in [-0.05, 0) is 89.0 Å². The Morgan fingerprint density at radius 1 is 1.12 bits per heavy atom. The van der Waals surface area contributed by atoms with Gasteiger partial charge in [0.1, 0.15) is 17.2 Å². The summed E-state index contributed by atoms with van der Waals surface area (Å²) in [5.41, 5.74) is 2.27. The first-order valence-electron chi connectivity index (χ1n) is 15.5. The van der Waals surface area contributed by atoms with Gasteiger partial charge >= 0.3 is 0 Å². The molecule has 0 radical (unpaired) electrons. The molecule has 3 fully saturated rings. The van der Waals surface area contributed by atoms with Crippen LogP contribution in [0.3, 0.4) is 0 Å². The highest BCUT2D eigenvalue weighted by Gasteiger charge is 2.50. The fourth-order valence-corrected chi connectivity index (χ4v) is 6.16. The van der Waals surface area contributed by atoms with Gasteiger partial charge in [-0.1, -0.05) is 11.3 Å². The van der Waals surface area contributed by atoms with Crippen LogP contribution in [0.25, 0.3) is 11.3 Å². The lowest BCUT2D eigenvalue weighted by molar-refractivity contribution is 0.0105. The van der Waals surface area contributed by atoms with Crippen LogP contribution in [0.4, 0.5) is 11.6 Å². The second-order valence-electron chi connectivity index (χ2n) is 12.5. The number of ether oxygens (including phenoxy) is 2. The average Bonchev–Trinajstić information content (AvgIpc) is 3.62. The van der Waals surface area contributed by atoms with Gasteiger partial charge in [0.25, 0.3) is 0 Å². The molecule has 2 saturated carbocycles. The van der Waals surface area contributed by atoms with Crippen molar-refractivity contribution in [3.8, 4) is 17.3 Å². The molecule has 3 aliphatic rings. The summed E-state index contributed by atoms with van der Waals surface area (Å²) in [4.78, 5) is 9.58. The molecular formula is C31H42N10O2. The largest absolute Gasteiger partial charge is 0.381 e. The second kappa shape index (κ2) is 12.9. The highest BCUT2D eigenvalue weighted by molar-refractivity contribution is 5.68. The van der Waals surface area contributed by atoms with E-state index in [2.05, 4.69) is 67.5 Å². The van der Waals surface area contributed by atoms with Crippen molar-refractivity contribution in [2.24, 2.45) is 5.41 Å². The van der Waals surface area contributed by atoms with Gasteiger partial charge < -0.3 is 25.4 Å². The van der Waals surface area contributed by atoms with Crippen LogP contribution in [0.2, 0.25) is 0 Å². The molecule has 0 unspecified atom stereocenters. The molecule has 4 heterocycles. The van der Waals surface area contributed by atoms with Gasteiger partial charge in [-0.3, -0.25) is 0 Å². The van der Waals surface area contributed by atoms with Crippen LogP contribution < -0.4 is 16.0 Å². The Hall–Kier alpha value is -3.66. The van der Waals surface area contributed by atoms with Crippen molar-refractivity contribution in [2.45, 2.75) is 88.9 Å². The number of hydrogen-bond acceptors (Lipinski definition) is 11. The van der Waals surface area contributed by atoms with E-state index in [4.69, 9.17) is 14.5 Å². The van der Waals surface area contributed by atoms with Gasteiger partial charge in [0.15, 0.2) is 0 Å². The minimum Gasteiger partial charge on any atom is -0.381 e. The third-order valence-electron chi connectivity index (χ3n) is 9.09. The molecule has 1 aliphatic heterocycles. The number of aromatic amines is 1. The number of aryl methyl sites for hydroxylation is 1. The van der Waals surface area contributed by atoms with Crippen LogP contribution in [-0.2, 0) is 15.1 Å². The van der Waals surface area contributed by atoms with E-state index in [1.54, 1.807) is 0 Å². The van der Waals surface area contributed by atoms with E-state index < -0.39 is 5.41 Å². The second-order valence-corrected chi connectivity index (χ2v) is 12.5. The van der Waals surface area contributed by atoms with Gasteiger partial charge in [0, 0.05) is 49.6 Å². The van der Waals surface area contributed by atoms with Crippen molar-refractivity contribution in [2.75, 3.05) is 37.0 Å². The van der Waals surface area contributed by atoms with Crippen molar-refractivity contribution in [1.29, 1.82) is 5.26 Å². The normalized spacial score (nSPS) is 23.2. The molecule has 12 nitrogen and oxygen atoms in total. The Balaban J connectivity index is 0.994. The fourth-order valence-electron chi connectivity index (χ4n) is 6.16. The molecule has 0 spiro atoms. The predicted octanol–water partition coefficient (Wildman–Crippen LogP) is 4.10. The van der Waals surface area contributed by atoms with Crippen molar-refractivity contribution in [1.82, 2.24) is 35.9 Å². The maximum atomic E-state index is 9.79. The number of hydrogen-bond donors (Lipinski definition) is 4. The molecule has 12 heteroatoms. The Morgan fingerprint density at radius 2 is 1.91 bits per heavy atom. The van der Waals surface area contributed by atoms with Crippen LogP contribution in [0, 0.1) is 23.7 Å². The van der Waals surface area contributed by atoms with Crippen molar-refractivity contribution in [3.05, 3.63) is 41.9 Å². The molecule has 0 amide bonds. The summed E-state index contributed by atoms with van der Waals surface area (Å²) in [6, 6.07) is 11.7. The molecule has 3 aromatic heterocycles. The molecule has 2 aliphatic carbocycles. The van der Waals surface area contributed by atoms with E-state index in [0.29, 0.717) is 44.3 Å². The van der Waals surface area contributed by atoms with E-state index in [1.165, 1.54) is 0 Å². The number of nitrogens with one attached hydrogen (secondary N) is 4. The van der Waals surface area contributed by atoms with Gasteiger partial charge in [-0.2, -0.15) is 10.5 Å². The SMILES string of the molecule is Cc1cnc(NC2CCC(N[C@H](C)COC3(c4nn[nH]n4)CC3)CC2)cc1-c1cccc(NCC2(C#N)CCOCC2)n1. The van der Waals surface area contributed by atoms with E-state index in [9.17, 15) is 5.26 Å². The third-order valence-corrected chi connectivity index (χ3v) is 9.09. The highest BCUT2D eigenvalue weighted by atomic mass is 16.5. The molecule has 1 saturated heterocycles. The monoisotopic (exact) mass is 586 g/mol. The fraction of sp³-hybridized carbons (Fsp3) is 0.613. The van der Waals surface area contributed by atoms with Crippen molar-refractivity contribution >= 4 is 11.6 Å². The molecule has 0 aromatic carbocycles. The Bertz CT molecular complexity index is 1390. The smallest absolute Gasteiger partial charge is 0.206 e. The summed E-state index contributed by atoms with van der Waals surface area (Å²) in [7, 11) is 0. The van der Waals surface area contributed by atoms with Gasteiger partial charge in [-0.15, -0.1) is 10.2 Å². The first kappa shape index (κ1) is 29.4. The van der Waals surface area contributed by atoms with Crippen LogP contribution in [0.15, 0.2) is 30.5 Å². The van der Waals surface area contributed by atoms with Gasteiger partial charge in [0.2, 0.25) is 5.82 Å². The number of anilines is 2. The molecule has 3 aromatic rings. The van der Waals surface area contributed by atoms with E-state index in [1.807, 2.05) is 24.4 Å². The third kappa shape index (κ3) is 7.12. The molecule has 1 atom stereocenters.